The number of aliphatic hydroxyl groups excluding tert-OH is 1. The minimum atomic E-state index is -0.323. The number of benzene rings is 1. The highest BCUT2D eigenvalue weighted by Gasteiger charge is 2.13. The average Bonchev–Trinajstić information content (AvgIpc) is 2.51. The van der Waals surface area contributed by atoms with Crippen molar-refractivity contribution < 1.29 is 14.2 Å². The molecule has 0 radical (unpaired) electrons. The number of aliphatic hydroxyl groups is 1. The quantitative estimate of drug-likeness (QED) is 0.839. The van der Waals surface area contributed by atoms with Gasteiger partial charge >= 0.3 is 0 Å². The lowest BCUT2D eigenvalue weighted by Gasteiger charge is -2.21. The first-order valence-electron chi connectivity index (χ1n) is 7.75. The predicted molar refractivity (Wildman–Crippen MR) is 81.2 cm³/mol. The molecule has 0 heterocycles. The number of hydrogen-bond acceptors (Lipinski definition) is 2. The van der Waals surface area contributed by atoms with E-state index in [1.807, 2.05) is 0 Å². The molecule has 0 atom stereocenters. The van der Waals surface area contributed by atoms with E-state index in [1.54, 1.807) is 12.1 Å². The van der Waals surface area contributed by atoms with Gasteiger partial charge in [-0.1, -0.05) is 37.2 Å². The topological polar surface area (TPSA) is 29.5 Å². The molecule has 21 heavy (non-hydrogen) atoms. The Balaban J connectivity index is 1.85. The molecule has 0 spiro atoms. The zero-order chi connectivity index (χ0) is 14.9. The van der Waals surface area contributed by atoms with Crippen molar-refractivity contribution in [2.24, 2.45) is 5.92 Å². The lowest BCUT2D eigenvalue weighted by atomic mass is 9.90. The molecule has 1 fully saturated rings. The van der Waals surface area contributed by atoms with Gasteiger partial charge in [0.25, 0.3) is 0 Å². The average molecular weight is 290 g/mol. The molecule has 114 valence electrons. The first-order valence-corrected chi connectivity index (χ1v) is 7.75. The van der Waals surface area contributed by atoms with E-state index in [1.165, 1.54) is 38.2 Å². The van der Waals surface area contributed by atoms with Gasteiger partial charge in [0, 0.05) is 13.0 Å². The van der Waals surface area contributed by atoms with E-state index in [-0.39, 0.29) is 12.4 Å². The molecule has 3 heteroatoms. The Morgan fingerprint density at radius 2 is 2.05 bits per heavy atom. The van der Waals surface area contributed by atoms with Crippen LogP contribution in [-0.4, -0.2) is 18.3 Å². The molecule has 0 bridgehead atoms. The van der Waals surface area contributed by atoms with Crippen molar-refractivity contribution in [1.29, 1.82) is 0 Å². The van der Waals surface area contributed by atoms with Gasteiger partial charge in [-0.05, 0) is 36.5 Å². The smallest absolute Gasteiger partial charge is 0.138 e. The monoisotopic (exact) mass is 290 g/mol. The van der Waals surface area contributed by atoms with Gasteiger partial charge in [0.2, 0.25) is 0 Å². The van der Waals surface area contributed by atoms with E-state index in [0.29, 0.717) is 24.5 Å². The molecular formula is C18H23FO2. The van der Waals surface area contributed by atoms with Gasteiger partial charge in [-0.2, -0.15) is 0 Å². The van der Waals surface area contributed by atoms with Gasteiger partial charge in [-0.15, -0.1) is 0 Å². The molecule has 2 nitrogen and oxygen atoms in total. The van der Waals surface area contributed by atoms with E-state index in [9.17, 15) is 4.39 Å². The molecule has 1 saturated carbocycles. The van der Waals surface area contributed by atoms with Crippen LogP contribution in [0.3, 0.4) is 0 Å². The van der Waals surface area contributed by atoms with Gasteiger partial charge < -0.3 is 9.84 Å². The molecule has 0 unspecified atom stereocenters. The zero-order valence-corrected chi connectivity index (χ0v) is 12.4. The maximum Gasteiger partial charge on any atom is 0.138 e. The summed E-state index contributed by atoms with van der Waals surface area (Å²) < 4.78 is 19.4. The largest absolute Gasteiger partial charge is 0.395 e. The number of hydrogen-bond donors (Lipinski definition) is 1. The fourth-order valence-electron chi connectivity index (χ4n) is 2.67. The Morgan fingerprint density at radius 3 is 2.81 bits per heavy atom. The number of ether oxygens (including phenoxy) is 1. The van der Waals surface area contributed by atoms with Crippen LogP contribution in [0.2, 0.25) is 0 Å². The lowest BCUT2D eigenvalue weighted by molar-refractivity contribution is 0.0739. The van der Waals surface area contributed by atoms with Crippen molar-refractivity contribution in [2.45, 2.75) is 45.1 Å². The molecule has 0 aromatic heterocycles. The Bertz CT molecular complexity index is 496. The molecule has 0 amide bonds. The van der Waals surface area contributed by atoms with Gasteiger partial charge in [-0.3, -0.25) is 0 Å². The normalized spacial score (nSPS) is 15.5. The Morgan fingerprint density at radius 1 is 1.24 bits per heavy atom. The van der Waals surface area contributed by atoms with Crippen LogP contribution in [0.1, 0.15) is 49.7 Å². The summed E-state index contributed by atoms with van der Waals surface area (Å²) in [6, 6.07) is 4.91. The first kappa shape index (κ1) is 16.0. The van der Waals surface area contributed by atoms with Crippen molar-refractivity contribution in [2.75, 3.05) is 13.2 Å². The van der Waals surface area contributed by atoms with Gasteiger partial charge in [0.05, 0.1) is 18.8 Å². The first-order chi connectivity index (χ1) is 10.3. The predicted octanol–water partition coefficient (Wildman–Crippen LogP) is 3.66. The highest BCUT2D eigenvalue weighted by molar-refractivity contribution is 5.38. The van der Waals surface area contributed by atoms with Crippen LogP contribution in [0.5, 0.6) is 0 Å². The van der Waals surface area contributed by atoms with Crippen molar-refractivity contribution in [3.8, 4) is 11.8 Å². The van der Waals surface area contributed by atoms with Gasteiger partial charge in [-0.25, -0.2) is 4.39 Å². The summed E-state index contributed by atoms with van der Waals surface area (Å²) in [5, 5.41) is 8.69. The molecular weight excluding hydrogens is 267 g/mol. The third-order valence-corrected chi connectivity index (χ3v) is 3.84. The van der Waals surface area contributed by atoms with Crippen molar-refractivity contribution in [1.82, 2.24) is 0 Å². The van der Waals surface area contributed by atoms with E-state index in [4.69, 9.17) is 9.84 Å². The highest BCUT2D eigenvalue weighted by Crippen LogP contribution is 2.24. The molecule has 1 aromatic rings. The molecule has 1 N–H and O–H groups in total. The van der Waals surface area contributed by atoms with Gasteiger partial charge in [0.15, 0.2) is 0 Å². The second-order valence-corrected chi connectivity index (χ2v) is 5.61. The second kappa shape index (κ2) is 8.81. The summed E-state index contributed by atoms with van der Waals surface area (Å²) in [4.78, 5) is 0. The molecule has 1 aromatic carbocycles. The van der Waals surface area contributed by atoms with Crippen LogP contribution in [0, 0.1) is 23.6 Å². The molecule has 2 rings (SSSR count). The van der Waals surface area contributed by atoms with Crippen molar-refractivity contribution in [3.05, 3.63) is 35.1 Å². The third-order valence-electron chi connectivity index (χ3n) is 3.84. The van der Waals surface area contributed by atoms with E-state index in [0.717, 1.165) is 12.2 Å². The van der Waals surface area contributed by atoms with Crippen LogP contribution in [0.4, 0.5) is 4.39 Å². The molecule has 1 aliphatic rings. The summed E-state index contributed by atoms with van der Waals surface area (Å²) in [6.45, 7) is 1.30. The number of halogens is 1. The van der Waals surface area contributed by atoms with E-state index in [2.05, 4.69) is 11.8 Å². The lowest BCUT2D eigenvalue weighted by Crippen LogP contribution is -2.13. The summed E-state index contributed by atoms with van der Waals surface area (Å²) in [5.41, 5.74) is 1.32. The SMILES string of the molecule is OCCC#Cc1cc(COCC2CCCCC2)ccc1F. The maximum absolute atomic E-state index is 13.6. The van der Waals surface area contributed by atoms with Crippen molar-refractivity contribution in [3.63, 3.8) is 0 Å². The fraction of sp³-hybridized carbons (Fsp3) is 0.556. The third kappa shape index (κ3) is 5.49. The van der Waals surface area contributed by atoms with E-state index < -0.39 is 0 Å². The highest BCUT2D eigenvalue weighted by atomic mass is 19.1. The summed E-state index contributed by atoms with van der Waals surface area (Å²) in [7, 11) is 0. The Hall–Kier alpha value is -1.37. The summed E-state index contributed by atoms with van der Waals surface area (Å²) >= 11 is 0. The maximum atomic E-state index is 13.6. The van der Waals surface area contributed by atoms with E-state index >= 15 is 0 Å². The fourth-order valence-corrected chi connectivity index (χ4v) is 2.67. The second-order valence-electron chi connectivity index (χ2n) is 5.61. The molecule has 0 aliphatic heterocycles. The van der Waals surface area contributed by atoms with Crippen LogP contribution >= 0.6 is 0 Å². The minimum Gasteiger partial charge on any atom is -0.395 e. The molecule has 1 aliphatic carbocycles. The molecule has 0 saturated heterocycles. The van der Waals surface area contributed by atoms with Crippen LogP contribution in [0.15, 0.2) is 18.2 Å². The summed E-state index contributed by atoms with van der Waals surface area (Å²) in [5.74, 6) is 5.86. The summed E-state index contributed by atoms with van der Waals surface area (Å²) in [6.07, 6.45) is 6.87. The van der Waals surface area contributed by atoms with Crippen LogP contribution in [-0.2, 0) is 11.3 Å². The van der Waals surface area contributed by atoms with Gasteiger partial charge in [0.1, 0.15) is 5.82 Å². The Labute approximate surface area is 126 Å². The van der Waals surface area contributed by atoms with Crippen LogP contribution < -0.4 is 0 Å². The van der Waals surface area contributed by atoms with Crippen molar-refractivity contribution >= 4 is 0 Å². The Kier molecular flexibility index (Phi) is 6.72. The minimum absolute atomic E-state index is 0.00118. The zero-order valence-electron chi connectivity index (χ0n) is 12.4. The van der Waals surface area contributed by atoms with Crippen LogP contribution in [0.25, 0.3) is 0 Å². The standard InChI is InChI=1S/C18H23FO2/c19-18-10-9-16(12-17(18)8-4-5-11-20)14-21-13-15-6-2-1-3-7-15/h9-10,12,15,20H,1-3,5-7,11,13-14H2. The number of rotatable bonds is 5.